The summed E-state index contributed by atoms with van der Waals surface area (Å²) in [5.41, 5.74) is 2.19. The van der Waals surface area contributed by atoms with Crippen LogP contribution < -0.4 is 10.6 Å². The van der Waals surface area contributed by atoms with Gasteiger partial charge in [0.1, 0.15) is 0 Å². The monoisotopic (exact) mass is 480 g/mol. The Hall–Kier alpha value is -3.03. The molecule has 4 saturated carbocycles. The molecular formula is C27H33FN4O3. The molecule has 186 valence electrons. The zero-order valence-corrected chi connectivity index (χ0v) is 21.0. The predicted octanol–water partition coefficient (Wildman–Crippen LogP) is 4.39. The number of aryl methyl sites for hydroxylation is 1. The summed E-state index contributed by atoms with van der Waals surface area (Å²) >= 11 is 0. The van der Waals surface area contributed by atoms with Crippen molar-refractivity contribution >= 4 is 23.3 Å². The van der Waals surface area contributed by atoms with Crippen LogP contribution in [-0.4, -0.2) is 32.7 Å². The van der Waals surface area contributed by atoms with Crippen molar-refractivity contribution in [3.63, 3.8) is 0 Å². The lowest BCUT2D eigenvalue weighted by molar-refractivity contribution is -0.126. The summed E-state index contributed by atoms with van der Waals surface area (Å²) in [6, 6.07) is 1.50. The van der Waals surface area contributed by atoms with E-state index in [-0.39, 0.29) is 16.6 Å². The third kappa shape index (κ3) is 3.96. The van der Waals surface area contributed by atoms with Crippen LogP contribution in [0.2, 0.25) is 0 Å². The van der Waals surface area contributed by atoms with Crippen LogP contribution in [0.1, 0.15) is 83.1 Å². The zero-order chi connectivity index (χ0) is 25.3. The maximum Gasteiger partial charge on any atom is 0.294 e. The van der Waals surface area contributed by atoms with Gasteiger partial charge in [0.25, 0.3) is 17.6 Å². The molecule has 4 bridgehead atoms. The Labute approximate surface area is 204 Å². The fourth-order valence-corrected chi connectivity index (χ4v) is 7.73. The average molecular weight is 481 g/mol. The van der Waals surface area contributed by atoms with Gasteiger partial charge in [-0.3, -0.25) is 14.4 Å². The zero-order valence-electron chi connectivity index (χ0n) is 21.0. The molecule has 2 N–H and O–H groups in total. The molecule has 4 aliphatic rings. The molecule has 2 aromatic heterocycles. The van der Waals surface area contributed by atoms with Gasteiger partial charge in [-0.1, -0.05) is 6.92 Å². The minimum Gasteiger partial charge on any atom is -0.344 e. The van der Waals surface area contributed by atoms with Gasteiger partial charge < -0.3 is 15.2 Å². The van der Waals surface area contributed by atoms with Crippen molar-refractivity contribution in [1.82, 2.24) is 14.9 Å². The van der Waals surface area contributed by atoms with E-state index in [1.54, 1.807) is 32.4 Å². The number of carbonyl (C=O) groups is 3. The molecule has 2 atom stereocenters. The molecule has 7 nitrogen and oxygen atoms in total. The number of carbonyl (C=O) groups excluding carboxylic acids is 3. The van der Waals surface area contributed by atoms with Crippen molar-refractivity contribution in [2.75, 3.05) is 5.32 Å². The molecule has 2 aromatic rings. The highest BCUT2D eigenvalue weighted by molar-refractivity contribution is 6.43. The lowest BCUT2D eigenvalue weighted by atomic mass is 9.47. The first-order chi connectivity index (χ1) is 16.4. The summed E-state index contributed by atoms with van der Waals surface area (Å²) in [4.78, 5) is 43.4. The Morgan fingerprint density at radius 3 is 2.37 bits per heavy atom. The van der Waals surface area contributed by atoms with Crippen LogP contribution in [-0.2, 0) is 11.8 Å². The summed E-state index contributed by atoms with van der Waals surface area (Å²) in [7, 11) is 1.69. The maximum atomic E-state index is 13.5. The second kappa shape index (κ2) is 8.00. The molecule has 4 fully saturated rings. The van der Waals surface area contributed by atoms with E-state index in [1.807, 2.05) is 0 Å². The number of anilines is 1. The quantitative estimate of drug-likeness (QED) is 0.377. The van der Waals surface area contributed by atoms with Crippen LogP contribution in [0.15, 0.2) is 12.3 Å². The predicted molar refractivity (Wildman–Crippen MR) is 130 cm³/mol. The molecule has 0 aliphatic heterocycles. The van der Waals surface area contributed by atoms with Crippen molar-refractivity contribution in [3.8, 4) is 0 Å². The van der Waals surface area contributed by atoms with E-state index in [1.165, 1.54) is 31.5 Å². The van der Waals surface area contributed by atoms with Crippen molar-refractivity contribution in [2.45, 2.75) is 71.8 Å². The summed E-state index contributed by atoms with van der Waals surface area (Å²) in [5.74, 6) is -0.998. The molecular weight excluding hydrogens is 447 g/mol. The van der Waals surface area contributed by atoms with Gasteiger partial charge in [0, 0.05) is 23.8 Å². The fraction of sp³-hybridized carbons (Fsp3) is 0.556. The van der Waals surface area contributed by atoms with E-state index in [0.29, 0.717) is 39.9 Å². The lowest BCUT2D eigenvalue weighted by Crippen LogP contribution is -2.63. The van der Waals surface area contributed by atoms with Gasteiger partial charge in [0.05, 0.1) is 23.1 Å². The normalized spacial score (nSPS) is 28.7. The summed E-state index contributed by atoms with van der Waals surface area (Å²) in [6.07, 6.45) is 7.73. The molecule has 0 radical (unpaired) electrons. The molecule has 4 aliphatic carbocycles. The third-order valence-electron chi connectivity index (χ3n) is 8.58. The Morgan fingerprint density at radius 2 is 1.77 bits per heavy atom. The third-order valence-corrected chi connectivity index (χ3v) is 8.58. The lowest BCUT2D eigenvalue weighted by Gasteiger charge is -2.61. The van der Waals surface area contributed by atoms with Crippen LogP contribution in [0.25, 0.3) is 0 Å². The molecule has 2 amide bonds. The van der Waals surface area contributed by atoms with Gasteiger partial charge in [-0.15, -0.1) is 0 Å². The van der Waals surface area contributed by atoms with E-state index >= 15 is 0 Å². The smallest absolute Gasteiger partial charge is 0.294 e. The van der Waals surface area contributed by atoms with Crippen LogP contribution in [0.3, 0.4) is 0 Å². The number of halogens is 1. The Bertz CT molecular complexity index is 1250. The number of pyridine rings is 1. The summed E-state index contributed by atoms with van der Waals surface area (Å²) in [6.45, 7) is 7.31. The van der Waals surface area contributed by atoms with Gasteiger partial charge >= 0.3 is 0 Å². The van der Waals surface area contributed by atoms with E-state index in [2.05, 4.69) is 22.5 Å². The van der Waals surface area contributed by atoms with Crippen LogP contribution in [0, 0.1) is 44.0 Å². The largest absolute Gasteiger partial charge is 0.344 e. The van der Waals surface area contributed by atoms with Gasteiger partial charge in [-0.25, -0.2) is 4.98 Å². The second-order valence-corrected chi connectivity index (χ2v) is 11.6. The average Bonchev–Trinajstić information content (AvgIpc) is 2.96. The SMILES string of the molecule is Cc1cc(NC(=O)c2c(C)c(C(=O)C(=O)NC34CC5CC(CC(C)(C5)C3)C4)n(C)c2C)cnc1F. The Morgan fingerprint density at radius 1 is 1.11 bits per heavy atom. The van der Waals surface area contributed by atoms with Gasteiger partial charge in [0.2, 0.25) is 5.95 Å². The number of rotatable bonds is 5. The minimum absolute atomic E-state index is 0.217. The Balaban J connectivity index is 1.38. The highest BCUT2D eigenvalue weighted by atomic mass is 19.1. The molecule has 2 unspecified atom stereocenters. The van der Waals surface area contributed by atoms with Crippen molar-refractivity contribution in [2.24, 2.45) is 24.3 Å². The van der Waals surface area contributed by atoms with Crippen molar-refractivity contribution < 1.29 is 18.8 Å². The molecule has 35 heavy (non-hydrogen) atoms. The van der Waals surface area contributed by atoms with E-state index in [0.717, 1.165) is 19.3 Å². The standard InChI is InChI=1S/C27H33FN4O3/c1-14-6-19(12-29-23(14)28)30-24(34)20-15(2)21(32(5)16(20)3)22(33)25(35)31-27-10-17-7-18(11-27)9-26(4,8-17)13-27/h6,12,17-18H,7-11,13H2,1-5H3,(H,30,34)(H,31,35). The number of aromatic nitrogens is 2. The van der Waals surface area contributed by atoms with Crippen LogP contribution in [0.4, 0.5) is 10.1 Å². The molecule has 6 rings (SSSR count). The first kappa shape index (κ1) is 23.7. The van der Waals surface area contributed by atoms with E-state index in [4.69, 9.17) is 0 Å². The van der Waals surface area contributed by atoms with Gasteiger partial charge in [0.15, 0.2) is 0 Å². The minimum atomic E-state index is -0.618. The first-order valence-electron chi connectivity index (χ1n) is 12.4. The van der Waals surface area contributed by atoms with E-state index in [9.17, 15) is 18.8 Å². The van der Waals surface area contributed by atoms with Crippen molar-refractivity contribution in [3.05, 3.63) is 46.3 Å². The Kier molecular flexibility index (Phi) is 5.42. The highest BCUT2D eigenvalue weighted by Crippen LogP contribution is 2.61. The van der Waals surface area contributed by atoms with Crippen LogP contribution in [0.5, 0.6) is 0 Å². The number of hydrogen-bond acceptors (Lipinski definition) is 4. The maximum absolute atomic E-state index is 13.5. The number of ketones is 1. The van der Waals surface area contributed by atoms with E-state index < -0.39 is 23.5 Å². The molecule has 8 heteroatoms. The van der Waals surface area contributed by atoms with Crippen molar-refractivity contribution in [1.29, 1.82) is 0 Å². The number of nitrogens with zero attached hydrogens (tertiary/aromatic N) is 2. The molecule has 0 aromatic carbocycles. The number of amides is 2. The number of nitrogens with one attached hydrogen (secondary N) is 2. The number of hydrogen-bond donors (Lipinski definition) is 2. The topological polar surface area (TPSA) is 93.1 Å². The first-order valence-corrected chi connectivity index (χ1v) is 12.4. The van der Waals surface area contributed by atoms with Crippen LogP contribution >= 0.6 is 0 Å². The van der Waals surface area contributed by atoms with Gasteiger partial charge in [-0.2, -0.15) is 4.39 Å². The molecule has 0 saturated heterocycles. The number of Topliss-reactive ketones (excluding diaryl/α,β-unsaturated/α-hetero) is 1. The summed E-state index contributed by atoms with van der Waals surface area (Å²) in [5, 5.41) is 5.90. The molecule has 0 spiro atoms. The second-order valence-electron chi connectivity index (χ2n) is 11.6. The van der Waals surface area contributed by atoms with Gasteiger partial charge in [-0.05, 0) is 88.2 Å². The molecule has 2 heterocycles. The summed E-state index contributed by atoms with van der Waals surface area (Å²) < 4.78 is 15.1. The fourth-order valence-electron chi connectivity index (χ4n) is 7.73. The highest BCUT2D eigenvalue weighted by Gasteiger charge is 2.56.